The number of rotatable bonds is 3. The zero-order valence-electron chi connectivity index (χ0n) is 9.03. The third-order valence-electron chi connectivity index (χ3n) is 3.05. The molecular weight excluding hydrogens is 226 g/mol. The van der Waals surface area contributed by atoms with Crippen LogP contribution in [0.2, 0.25) is 5.02 Å². The number of aliphatic carboxylic acids is 1. The third kappa shape index (κ3) is 1.87. The summed E-state index contributed by atoms with van der Waals surface area (Å²) in [7, 11) is 0. The molecule has 2 N–H and O–H groups in total. The lowest BCUT2D eigenvalue weighted by molar-refractivity contribution is -0.147. The van der Waals surface area contributed by atoms with E-state index in [2.05, 4.69) is 12.2 Å². The number of carbonyl (C=O) groups is 1. The van der Waals surface area contributed by atoms with E-state index < -0.39 is 11.5 Å². The highest BCUT2D eigenvalue weighted by molar-refractivity contribution is 6.33. The highest BCUT2D eigenvalue weighted by Crippen LogP contribution is 2.41. The van der Waals surface area contributed by atoms with Gasteiger partial charge >= 0.3 is 5.97 Å². The Kier molecular flexibility index (Phi) is 2.80. The van der Waals surface area contributed by atoms with Crippen molar-refractivity contribution in [3.05, 3.63) is 29.3 Å². The van der Waals surface area contributed by atoms with Crippen LogP contribution < -0.4 is 5.32 Å². The van der Waals surface area contributed by atoms with E-state index in [9.17, 15) is 9.90 Å². The predicted molar refractivity (Wildman–Crippen MR) is 63.8 cm³/mol. The minimum absolute atomic E-state index is 0.450. The van der Waals surface area contributed by atoms with E-state index in [0.29, 0.717) is 29.5 Å². The van der Waals surface area contributed by atoms with Gasteiger partial charge in [-0.3, -0.25) is 0 Å². The fourth-order valence-electron chi connectivity index (χ4n) is 2.28. The summed E-state index contributed by atoms with van der Waals surface area (Å²) < 4.78 is 0. The van der Waals surface area contributed by atoms with E-state index >= 15 is 0 Å². The zero-order valence-corrected chi connectivity index (χ0v) is 9.79. The topological polar surface area (TPSA) is 49.3 Å². The van der Waals surface area contributed by atoms with Crippen molar-refractivity contribution in [1.82, 2.24) is 0 Å². The van der Waals surface area contributed by atoms with Gasteiger partial charge in [-0.05, 0) is 30.9 Å². The molecule has 1 aliphatic carbocycles. The minimum atomic E-state index is -0.829. The van der Waals surface area contributed by atoms with Gasteiger partial charge in [0, 0.05) is 0 Å². The summed E-state index contributed by atoms with van der Waals surface area (Å²) in [6.07, 6.45) is 1.29. The summed E-state index contributed by atoms with van der Waals surface area (Å²) in [6.45, 7) is 2.05. The van der Waals surface area contributed by atoms with E-state index in [-0.39, 0.29) is 0 Å². The number of para-hydroxylation sites is 1. The van der Waals surface area contributed by atoms with E-state index in [4.69, 9.17) is 11.6 Å². The van der Waals surface area contributed by atoms with Crippen LogP contribution in [0.5, 0.6) is 0 Å². The minimum Gasteiger partial charge on any atom is -0.480 e. The lowest BCUT2D eigenvalue weighted by Gasteiger charge is -2.44. The Hall–Kier alpha value is -1.22. The van der Waals surface area contributed by atoms with Gasteiger partial charge in [0.2, 0.25) is 0 Å². The lowest BCUT2D eigenvalue weighted by Crippen LogP contribution is -2.55. The maximum atomic E-state index is 11.3. The number of carboxylic acid groups (broad SMARTS) is 1. The number of carboxylic acids is 1. The smallest absolute Gasteiger partial charge is 0.329 e. The molecule has 4 heteroatoms. The van der Waals surface area contributed by atoms with Crippen LogP contribution in [0, 0.1) is 5.92 Å². The number of nitrogens with one attached hydrogen (secondary N) is 1. The largest absolute Gasteiger partial charge is 0.480 e. The molecule has 1 aliphatic rings. The fraction of sp³-hybridized carbons (Fsp3) is 0.417. The van der Waals surface area contributed by atoms with Gasteiger partial charge in [-0.15, -0.1) is 0 Å². The van der Waals surface area contributed by atoms with Gasteiger partial charge in [0.15, 0.2) is 0 Å². The van der Waals surface area contributed by atoms with Crippen LogP contribution in [-0.4, -0.2) is 16.6 Å². The predicted octanol–water partition coefficient (Wildman–Crippen LogP) is 3.01. The van der Waals surface area contributed by atoms with Gasteiger partial charge in [0.25, 0.3) is 0 Å². The van der Waals surface area contributed by atoms with E-state index in [1.165, 1.54) is 0 Å². The second-order valence-corrected chi connectivity index (χ2v) is 4.91. The van der Waals surface area contributed by atoms with Gasteiger partial charge < -0.3 is 10.4 Å². The molecule has 1 saturated carbocycles. The summed E-state index contributed by atoms with van der Waals surface area (Å²) in [5.41, 5.74) is -0.136. The molecule has 0 heterocycles. The lowest BCUT2D eigenvalue weighted by atomic mass is 9.69. The maximum Gasteiger partial charge on any atom is 0.329 e. The molecule has 0 radical (unpaired) electrons. The van der Waals surface area contributed by atoms with Crippen LogP contribution >= 0.6 is 11.6 Å². The Labute approximate surface area is 99.4 Å². The molecule has 86 valence electrons. The van der Waals surface area contributed by atoms with Crippen molar-refractivity contribution in [3.63, 3.8) is 0 Å². The molecule has 0 bridgehead atoms. The normalized spacial score (nSPS) is 28.2. The first-order chi connectivity index (χ1) is 7.53. The van der Waals surface area contributed by atoms with Gasteiger partial charge in [0.1, 0.15) is 5.54 Å². The van der Waals surface area contributed by atoms with Gasteiger partial charge in [0.05, 0.1) is 10.7 Å². The zero-order chi connectivity index (χ0) is 11.8. The third-order valence-corrected chi connectivity index (χ3v) is 3.38. The number of hydrogen-bond acceptors (Lipinski definition) is 2. The standard InChI is InChI=1S/C12H14ClNO2/c1-8-6-12(7-8,11(15)16)14-10-5-3-2-4-9(10)13/h2-5,8,14H,6-7H2,1H3,(H,15,16). The highest BCUT2D eigenvalue weighted by atomic mass is 35.5. The van der Waals surface area contributed by atoms with Crippen molar-refractivity contribution in [2.45, 2.75) is 25.3 Å². The molecule has 1 fully saturated rings. The molecule has 1 aromatic rings. The molecule has 0 spiro atoms. The summed E-state index contributed by atoms with van der Waals surface area (Å²) in [4.78, 5) is 11.3. The summed E-state index contributed by atoms with van der Waals surface area (Å²) >= 11 is 6.00. The van der Waals surface area contributed by atoms with Crippen molar-refractivity contribution in [2.24, 2.45) is 5.92 Å². The Morgan fingerprint density at radius 2 is 2.12 bits per heavy atom. The Morgan fingerprint density at radius 1 is 1.50 bits per heavy atom. The molecule has 2 rings (SSSR count). The summed E-state index contributed by atoms with van der Waals surface area (Å²) in [6, 6.07) is 7.22. The van der Waals surface area contributed by atoms with Gasteiger partial charge in [-0.1, -0.05) is 30.7 Å². The Balaban J connectivity index is 2.20. The highest BCUT2D eigenvalue weighted by Gasteiger charge is 2.48. The first-order valence-electron chi connectivity index (χ1n) is 5.30. The summed E-state index contributed by atoms with van der Waals surface area (Å²) in [5.74, 6) is -0.350. The second-order valence-electron chi connectivity index (χ2n) is 4.51. The quantitative estimate of drug-likeness (QED) is 0.853. The number of benzene rings is 1. The molecule has 0 aromatic heterocycles. The van der Waals surface area contributed by atoms with Crippen molar-refractivity contribution in [2.75, 3.05) is 5.32 Å². The van der Waals surface area contributed by atoms with Crippen LogP contribution in [0.4, 0.5) is 5.69 Å². The van der Waals surface area contributed by atoms with Crippen LogP contribution in [0.1, 0.15) is 19.8 Å². The van der Waals surface area contributed by atoms with Gasteiger partial charge in [-0.25, -0.2) is 4.79 Å². The van der Waals surface area contributed by atoms with Crippen molar-refractivity contribution in [1.29, 1.82) is 0 Å². The van der Waals surface area contributed by atoms with E-state index in [1.54, 1.807) is 12.1 Å². The Morgan fingerprint density at radius 3 is 2.62 bits per heavy atom. The average molecular weight is 240 g/mol. The van der Waals surface area contributed by atoms with Crippen LogP contribution in [-0.2, 0) is 4.79 Å². The molecule has 0 atom stereocenters. The molecule has 0 saturated heterocycles. The maximum absolute atomic E-state index is 11.3. The Bertz CT molecular complexity index is 413. The number of hydrogen-bond donors (Lipinski definition) is 2. The molecule has 0 aliphatic heterocycles. The SMILES string of the molecule is CC1CC(Nc2ccccc2Cl)(C(=O)O)C1. The first-order valence-corrected chi connectivity index (χ1v) is 5.67. The number of halogens is 1. The molecule has 16 heavy (non-hydrogen) atoms. The van der Waals surface area contributed by atoms with Crippen LogP contribution in [0.25, 0.3) is 0 Å². The average Bonchev–Trinajstić information content (AvgIpc) is 2.18. The van der Waals surface area contributed by atoms with Crippen molar-refractivity contribution < 1.29 is 9.90 Å². The molecule has 0 amide bonds. The molecule has 1 aromatic carbocycles. The van der Waals surface area contributed by atoms with Gasteiger partial charge in [-0.2, -0.15) is 0 Å². The monoisotopic (exact) mass is 239 g/mol. The van der Waals surface area contributed by atoms with Crippen molar-refractivity contribution >= 4 is 23.3 Å². The fourth-order valence-corrected chi connectivity index (χ4v) is 2.46. The second kappa shape index (κ2) is 3.98. The van der Waals surface area contributed by atoms with E-state index in [1.807, 2.05) is 12.1 Å². The summed E-state index contributed by atoms with van der Waals surface area (Å²) in [5, 5.41) is 12.9. The number of anilines is 1. The van der Waals surface area contributed by atoms with Crippen LogP contribution in [0.15, 0.2) is 24.3 Å². The molecule has 3 nitrogen and oxygen atoms in total. The van der Waals surface area contributed by atoms with E-state index in [0.717, 1.165) is 0 Å². The molecule has 0 unspecified atom stereocenters. The first kappa shape index (κ1) is 11.3. The van der Waals surface area contributed by atoms with Crippen molar-refractivity contribution in [3.8, 4) is 0 Å². The molecular formula is C12H14ClNO2. The van der Waals surface area contributed by atoms with Crippen LogP contribution in [0.3, 0.4) is 0 Å².